The van der Waals surface area contributed by atoms with Crippen molar-refractivity contribution in [2.75, 3.05) is 18.0 Å². The summed E-state index contributed by atoms with van der Waals surface area (Å²) in [6.45, 7) is 12.6. The van der Waals surface area contributed by atoms with Gasteiger partial charge in [-0.1, -0.05) is 11.3 Å². The van der Waals surface area contributed by atoms with E-state index in [1.807, 2.05) is 6.92 Å². The van der Waals surface area contributed by atoms with Gasteiger partial charge in [0.05, 0.1) is 12.6 Å². The quantitative estimate of drug-likeness (QED) is 0.140. The zero-order valence-electron chi connectivity index (χ0n) is 24.8. The van der Waals surface area contributed by atoms with Crippen molar-refractivity contribution >= 4 is 46.1 Å². The Morgan fingerprint density at radius 1 is 1.12 bits per heavy atom. The number of amides is 1. The Morgan fingerprint density at radius 2 is 1.76 bits per heavy atom. The van der Waals surface area contributed by atoms with E-state index >= 15 is 0 Å². The van der Waals surface area contributed by atoms with Crippen LogP contribution < -0.4 is 20.7 Å². The van der Waals surface area contributed by atoms with Crippen LogP contribution in [0, 0.1) is 11.2 Å². The van der Waals surface area contributed by atoms with Crippen molar-refractivity contribution in [3.63, 3.8) is 0 Å². The van der Waals surface area contributed by atoms with E-state index in [0.29, 0.717) is 11.7 Å². The van der Waals surface area contributed by atoms with Crippen molar-refractivity contribution in [3.05, 3.63) is 40.7 Å². The Balaban J connectivity index is 2.04. The van der Waals surface area contributed by atoms with Crippen LogP contribution in [0.1, 0.15) is 76.5 Å². The van der Waals surface area contributed by atoms with E-state index in [0.717, 1.165) is 17.4 Å². The molecule has 0 aliphatic carbocycles. The summed E-state index contributed by atoms with van der Waals surface area (Å²) in [4.78, 5) is 56.6. The number of carbonyl (C=O) groups is 4. The predicted molar refractivity (Wildman–Crippen MR) is 155 cm³/mol. The summed E-state index contributed by atoms with van der Waals surface area (Å²) in [6.07, 6.45) is 0.826. The number of nitrogen functional groups attached to an aromatic ring is 1. The number of amidine groups is 1. The van der Waals surface area contributed by atoms with E-state index in [-0.39, 0.29) is 35.0 Å². The minimum atomic E-state index is -1.24. The fraction of sp³-hybridized carbons (Fsp3) is 0.500. The van der Waals surface area contributed by atoms with Crippen LogP contribution in [-0.4, -0.2) is 65.0 Å². The van der Waals surface area contributed by atoms with Crippen LogP contribution in [-0.2, 0) is 23.9 Å². The number of nitrogens with zero attached hydrogens (tertiary/aromatic N) is 2. The molecule has 0 bridgehead atoms. The summed E-state index contributed by atoms with van der Waals surface area (Å²) in [5, 5.41) is 10.4. The Kier molecular flexibility index (Phi) is 11.5. The summed E-state index contributed by atoms with van der Waals surface area (Å²) in [5.74, 6) is -4.25. The smallest absolute Gasteiger partial charge is 0.355 e. The predicted octanol–water partition coefficient (Wildman–Crippen LogP) is 3.56. The zero-order valence-corrected chi connectivity index (χ0v) is 25.6. The van der Waals surface area contributed by atoms with Crippen LogP contribution in [0.25, 0.3) is 0 Å². The summed E-state index contributed by atoms with van der Waals surface area (Å²) >= 11 is 0.994. The first-order valence-electron chi connectivity index (χ1n) is 13.2. The number of hydrogen-bond acceptors (Lipinski definition) is 11. The van der Waals surface area contributed by atoms with Gasteiger partial charge in [-0.3, -0.25) is 15.0 Å². The molecule has 42 heavy (non-hydrogen) atoms. The van der Waals surface area contributed by atoms with E-state index in [2.05, 4.69) is 10.3 Å². The van der Waals surface area contributed by atoms with Gasteiger partial charge in [-0.15, -0.1) is 0 Å². The Morgan fingerprint density at radius 3 is 2.31 bits per heavy atom. The summed E-state index contributed by atoms with van der Waals surface area (Å²) in [5.41, 5.74) is 3.89. The number of benzene rings is 1. The highest BCUT2D eigenvalue weighted by Crippen LogP contribution is 2.25. The summed E-state index contributed by atoms with van der Waals surface area (Å²) < 4.78 is 30.1. The van der Waals surface area contributed by atoms with Crippen LogP contribution in [0.4, 0.5) is 9.52 Å². The monoisotopic (exact) mass is 607 g/mol. The molecule has 0 saturated carbocycles. The minimum Gasteiger partial charge on any atom is -0.460 e. The van der Waals surface area contributed by atoms with E-state index < -0.39 is 53.3 Å². The van der Waals surface area contributed by atoms with Crippen LogP contribution in [0.15, 0.2) is 24.4 Å². The molecule has 0 saturated heterocycles. The number of nitrogens with two attached hydrogens (primary N) is 1. The Hall–Kier alpha value is -4.07. The molecular formula is C28H38FN5O7S. The topological polar surface area (TPSA) is 174 Å². The van der Waals surface area contributed by atoms with Crippen molar-refractivity contribution in [2.45, 2.75) is 78.6 Å². The third kappa shape index (κ3) is 11.1. The summed E-state index contributed by atoms with van der Waals surface area (Å²) in [7, 11) is 0. The first kappa shape index (κ1) is 34.1. The molecule has 2 rings (SSSR count). The van der Waals surface area contributed by atoms with E-state index in [1.165, 1.54) is 18.3 Å². The number of aromatic nitrogens is 1. The molecule has 0 fully saturated rings. The Bertz CT molecular complexity index is 1320. The van der Waals surface area contributed by atoms with Gasteiger partial charge in [-0.05, 0) is 66.7 Å². The number of anilines is 1. The maximum atomic E-state index is 14.3. The zero-order chi connectivity index (χ0) is 31.8. The minimum absolute atomic E-state index is 0.0610. The second-order valence-corrected chi connectivity index (χ2v) is 12.2. The van der Waals surface area contributed by atoms with Crippen molar-refractivity contribution in [2.24, 2.45) is 5.73 Å². The number of hydrogen-bond donors (Lipinski definition) is 3. The number of carbonyl (C=O) groups excluding carboxylic acids is 4. The molecule has 2 aromatic rings. The van der Waals surface area contributed by atoms with Gasteiger partial charge in [0.15, 0.2) is 16.7 Å². The lowest BCUT2D eigenvalue weighted by molar-refractivity contribution is -0.165. The number of rotatable bonds is 12. The van der Waals surface area contributed by atoms with Gasteiger partial charge < -0.3 is 30.2 Å². The number of nitrogens with one attached hydrogen (secondary N) is 2. The van der Waals surface area contributed by atoms with Gasteiger partial charge in [0, 0.05) is 25.1 Å². The summed E-state index contributed by atoms with van der Waals surface area (Å²) in [6, 6.07) is 2.31. The molecule has 0 spiro atoms. The van der Waals surface area contributed by atoms with Gasteiger partial charge in [0.1, 0.15) is 28.0 Å². The highest BCUT2D eigenvalue weighted by Gasteiger charge is 2.31. The van der Waals surface area contributed by atoms with Gasteiger partial charge in [-0.2, -0.15) is 0 Å². The molecule has 0 aliphatic heterocycles. The van der Waals surface area contributed by atoms with Gasteiger partial charge >= 0.3 is 17.9 Å². The van der Waals surface area contributed by atoms with Crippen LogP contribution in [0.5, 0.6) is 5.75 Å². The maximum absolute atomic E-state index is 14.3. The fourth-order valence-electron chi connectivity index (χ4n) is 3.41. The average Bonchev–Trinajstić information content (AvgIpc) is 3.33. The van der Waals surface area contributed by atoms with Crippen LogP contribution >= 0.6 is 11.3 Å². The first-order valence-corrected chi connectivity index (χ1v) is 14.0. The second-order valence-electron chi connectivity index (χ2n) is 11.2. The lowest BCUT2D eigenvalue weighted by atomic mass is 10.1. The van der Waals surface area contributed by atoms with Crippen LogP contribution in [0.2, 0.25) is 0 Å². The molecule has 1 aromatic heterocycles. The molecule has 1 heterocycles. The van der Waals surface area contributed by atoms with E-state index in [4.69, 9.17) is 25.4 Å². The highest BCUT2D eigenvalue weighted by molar-refractivity contribution is 7.17. The maximum Gasteiger partial charge on any atom is 0.355 e. The van der Waals surface area contributed by atoms with Gasteiger partial charge in [0.25, 0.3) is 0 Å². The highest BCUT2D eigenvalue weighted by atomic mass is 32.1. The Labute approximate surface area is 248 Å². The van der Waals surface area contributed by atoms with Gasteiger partial charge in [0.2, 0.25) is 5.91 Å². The van der Waals surface area contributed by atoms with E-state index in [1.54, 1.807) is 46.4 Å². The molecule has 4 N–H and O–H groups in total. The molecule has 0 radical (unpaired) electrons. The number of thiazole rings is 1. The molecule has 14 heteroatoms. The normalized spacial score (nSPS) is 12.2. The first-order chi connectivity index (χ1) is 19.4. The molecule has 0 aliphatic rings. The lowest BCUT2D eigenvalue weighted by Crippen LogP contribution is -2.46. The number of esters is 3. The van der Waals surface area contributed by atoms with E-state index in [9.17, 15) is 23.6 Å². The molecule has 230 valence electrons. The SMILES string of the molecule is CCN(CCC(=O)N[C@@H](CC(=O)OC(C)(C)C)C(=O)OC(C)(C)C)c1ncc(C(=O)Oc2ccc(C(=N)N)cc2F)s1. The molecular weight excluding hydrogens is 569 g/mol. The van der Waals surface area contributed by atoms with Crippen LogP contribution in [0.3, 0.4) is 0 Å². The molecule has 0 unspecified atom stereocenters. The molecule has 1 atom stereocenters. The van der Waals surface area contributed by atoms with Crippen molar-refractivity contribution < 1.29 is 37.8 Å². The third-order valence-electron chi connectivity index (χ3n) is 5.22. The third-order valence-corrected chi connectivity index (χ3v) is 6.26. The largest absolute Gasteiger partial charge is 0.460 e. The lowest BCUT2D eigenvalue weighted by Gasteiger charge is -2.26. The molecule has 12 nitrogen and oxygen atoms in total. The molecule has 1 aromatic carbocycles. The van der Waals surface area contributed by atoms with Crippen molar-refractivity contribution in [3.8, 4) is 5.75 Å². The van der Waals surface area contributed by atoms with Crippen molar-refractivity contribution in [1.29, 1.82) is 5.41 Å². The average molecular weight is 608 g/mol. The fourth-order valence-corrected chi connectivity index (χ4v) is 4.30. The number of halogens is 1. The standard InChI is InChI=1S/C28H38FN5O7S/c1-8-34(26-32-15-20(42-26)25(38)39-19-10-9-16(23(30)31)13-17(19)29)12-11-21(35)33-18(24(37)41-28(5,6)7)14-22(36)40-27(2,3)4/h9-10,13,15,18H,8,11-12,14H2,1-7H3,(H3,30,31)(H,33,35)/t18-/m0/s1. The van der Waals surface area contributed by atoms with Crippen molar-refractivity contribution in [1.82, 2.24) is 10.3 Å². The van der Waals surface area contributed by atoms with Gasteiger partial charge in [-0.25, -0.2) is 19.0 Å². The second kappa shape index (κ2) is 14.2. The molecule has 1 amide bonds. The number of ether oxygens (including phenoxy) is 3.